The van der Waals surface area contributed by atoms with Gasteiger partial charge in [0, 0.05) is 15.2 Å². The molecule has 0 aromatic heterocycles. The Bertz CT molecular complexity index is 491. The monoisotopic (exact) mass is 374 g/mol. The van der Waals surface area contributed by atoms with Crippen LogP contribution in [0.15, 0.2) is 22.7 Å². The molecule has 0 bridgehead atoms. The SMILES string of the molecule is O=S(=O)(Cl)CCCCCOc1cc(Br)ccc1Cl. The highest BCUT2D eigenvalue weighted by Gasteiger charge is 2.05. The molecule has 0 saturated heterocycles. The van der Waals surface area contributed by atoms with Gasteiger partial charge in [0.1, 0.15) is 5.75 Å². The molecule has 1 rings (SSSR count). The smallest absolute Gasteiger partial charge is 0.232 e. The van der Waals surface area contributed by atoms with Crippen molar-refractivity contribution in [2.24, 2.45) is 0 Å². The number of halogens is 3. The van der Waals surface area contributed by atoms with E-state index in [1.807, 2.05) is 6.07 Å². The highest BCUT2D eigenvalue weighted by Crippen LogP contribution is 2.28. The van der Waals surface area contributed by atoms with Crippen LogP contribution in [0.4, 0.5) is 0 Å². The summed E-state index contributed by atoms with van der Waals surface area (Å²) in [6.07, 6.45) is 2.05. The van der Waals surface area contributed by atoms with Gasteiger partial charge in [0.25, 0.3) is 0 Å². The molecule has 0 heterocycles. The Balaban J connectivity index is 2.24. The second-order valence-electron chi connectivity index (χ2n) is 3.73. The van der Waals surface area contributed by atoms with Crippen molar-refractivity contribution >= 4 is 47.3 Å². The van der Waals surface area contributed by atoms with Gasteiger partial charge < -0.3 is 4.74 Å². The molecular weight excluding hydrogens is 363 g/mol. The maximum Gasteiger partial charge on any atom is 0.232 e. The molecular formula is C11H13BrCl2O3S. The average molecular weight is 376 g/mol. The van der Waals surface area contributed by atoms with Gasteiger partial charge in [0.15, 0.2) is 0 Å². The molecule has 0 fully saturated rings. The van der Waals surface area contributed by atoms with E-state index in [9.17, 15) is 8.42 Å². The maximum atomic E-state index is 10.7. The van der Waals surface area contributed by atoms with Crippen LogP contribution in [-0.2, 0) is 9.05 Å². The number of hydrogen-bond donors (Lipinski definition) is 0. The van der Waals surface area contributed by atoms with Crippen molar-refractivity contribution in [3.63, 3.8) is 0 Å². The molecule has 0 saturated carbocycles. The van der Waals surface area contributed by atoms with E-state index in [4.69, 9.17) is 27.0 Å². The van der Waals surface area contributed by atoms with E-state index in [2.05, 4.69) is 15.9 Å². The first-order chi connectivity index (χ1) is 8.38. The van der Waals surface area contributed by atoms with Gasteiger partial charge in [-0.05, 0) is 37.5 Å². The predicted octanol–water partition coefficient (Wildman–Crippen LogP) is 4.22. The zero-order valence-corrected chi connectivity index (χ0v) is 13.4. The Labute approximate surface area is 125 Å². The summed E-state index contributed by atoms with van der Waals surface area (Å²) in [7, 11) is 1.73. The van der Waals surface area contributed by atoms with Crippen molar-refractivity contribution in [3.8, 4) is 5.75 Å². The lowest BCUT2D eigenvalue weighted by molar-refractivity contribution is 0.306. The summed E-state index contributed by atoms with van der Waals surface area (Å²) in [5.41, 5.74) is 0. The molecule has 0 aliphatic carbocycles. The first kappa shape index (κ1) is 16.1. The summed E-state index contributed by atoms with van der Waals surface area (Å²) >= 11 is 9.29. The topological polar surface area (TPSA) is 43.4 Å². The van der Waals surface area contributed by atoms with Gasteiger partial charge in [-0.25, -0.2) is 8.42 Å². The largest absolute Gasteiger partial charge is 0.492 e. The molecule has 18 heavy (non-hydrogen) atoms. The fourth-order valence-corrected chi connectivity index (χ4v) is 2.71. The predicted molar refractivity (Wildman–Crippen MR) is 78.1 cm³/mol. The van der Waals surface area contributed by atoms with Gasteiger partial charge >= 0.3 is 0 Å². The lowest BCUT2D eigenvalue weighted by Gasteiger charge is -2.08. The summed E-state index contributed by atoms with van der Waals surface area (Å²) in [4.78, 5) is 0. The van der Waals surface area contributed by atoms with Crippen LogP contribution in [0.25, 0.3) is 0 Å². The molecule has 0 aliphatic rings. The van der Waals surface area contributed by atoms with E-state index in [1.165, 1.54) is 0 Å². The van der Waals surface area contributed by atoms with Crippen LogP contribution in [0.1, 0.15) is 19.3 Å². The van der Waals surface area contributed by atoms with Crippen LogP contribution in [0, 0.1) is 0 Å². The van der Waals surface area contributed by atoms with Crippen molar-refractivity contribution in [1.82, 2.24) is 0 Å². The van der Waals surface area contributed by atoms with Crippen LogP contribution in [-0.4, -0.2) is 20.8 Å². The van der Waals surface area contributed by atoms with Crippen molar-refractivity contribution in [1.29, 1.82) is 0 Å². The third-order valence-electron chi connectivity index (χ3n) is 2.18. The number of ether oxygens (including phenoxy) is 1. The van der Waals surface area contributed by atoms with E-state index in [0.717, 1.165) is 17.3 Å². The first-order valence-corrected chi connectivity index (χ1v) is 9.03. The van der Waals surface area contributed by atoms with Crippen LogP contribution in [0.5, 0.6) is 5.75 Å². The molecule has 0 unspecified atom stereocenters. The maximum absolute atomic E-state index is 10.7. The summed E-state index contributed by atoms with van der Waals surface area (Å²) in [5, 5.41) is 0.557. The number of benzene rings is 1. The van der Waals surface area contributed by atoms with Crippen LogP contribution in [0.3, 0.4) is 0 Å². The molecule has 0 spiro atoms. The van der Waals surface area contributed by atoms with E-state index in [0.29, 0.717) is 23.8 Å². The molecule has 7 heteroatoms. The van der Waals surface area contributed by atoms with Crippen molar-refractivity contribution < 1.29 is 13.2 Å². The second kappa shape index (κ2) is 7.58. The highest BCUT2D eigenvalue weighted by atomic mass is 79.9. The fourth-order valence-electron chi connectivity index (χ4n) is 1.32. The minimum absolute atomic E-state index is 0.00615. The third-order valence-corrected chi connectivity index (χ3v) is 4.23. The van der Waals surface area contributed by atoms with Crippen molar-refractivity contribution in [3.05, 3.63) is 27.7 Å². The zero-order valence-electron chi connectivity index (χ0n) is 9.53. The van der Waals surface area contributed by atoms with Gasteiger partial charge in [-0.1, -0.05) is 27.5 Å². The molecule has 0 radical (unpaired) electrons. The molecule has 3 nitrogen and oxygen atoms in total. The number of rotatable bonds is 7. The van der Waals surface area contributed by atoms with Gasteiger partial charge in [-0.3, -0.25) is 0 Å². The molecule has 1 aromatic carbocycles. The highest BCUT2D eigenvalue weighted by molar-refractivity contribution is 9.10. The average Bonchev–Trinajstić information content (AvgIpc) is 2.26. The fraction of sp³-hybridized carbons (Fsp3) is 0.455. The van der Waals surface area contributed by atoms with Gasteiger partial charge in [0.2, 0.25) is 9.05 Å². The molecule has 1 aromatic rings. The Morgan fingerprint density at radius 2 is 1.94 bits per heavy atom. The first-order valence-electron chi connectivity index (χ1n) is 5.39. The lowest BCUT2D eigenvalue weighted by Crippen LogP contribution is -2.01. The molecule has 0 amide bonds. The summed E-state index contributed by atoms with van der Waals surface area (Å²) in [6, 6.07) is 5.38. The second-order valence-corrected chi connectivity index (χ2v) is 7.95. The van der Waals surface area contributed by atoms with E-state index >= 15 is 0 Å². The normalized spacial score (nSPS) is 11.5. The quantitative estimate of drug-likeness (QED) is 0.529. The Hall–Kier alpha value is 0.0300. The summed E-state index contributed by atoms with van der Waals surface area (Å²) in [6.45, 7) is 0.499. The summed E-state index contributed by atoms with van der Waals surface area (Å²) < 4.78 is 27.8. The number of unbranched alkanes of at least 4 members (excludes halogenated alkanes) is 2. The van der Waals surface area contributed by atoms with Crippen LogP contribution >= 0.6 is 38.2 Å². The van der Waals surface area contributed by atoms with E-state index in [1.54, 1.807) is 12.1 Å². The zero-order chi connectivity index (χ0) is 13.6. The van der Waals surface area contributed by atoms with Gasteiger partial charge in [-0.2, -0.15) is 0 Å². The Morgan fingerprint density at radius 1 is 1.22 bits per heavy atom. The van der Waals surface area contributed by atoms with E-state index in [-0.39, 0.29) is 5.75 Å². The Kier molecular flexibility index (Phi) is 6.77. The lowest BCUT2D eigenvalue weighted by atomic mass is 10.3. The van der Waals surface area contributed by atoms with Gasteiger partial charge in [0.05, 0.1) is 17.4 Å². The molecule has 0 atom stereocenters. The molecule has 102 valence electrons. The minimum Gasteiger partial charge on any atom is -0.492 e. The standard InChI is InChI=1S/C11H13BrCl2O3S/c12-9-4-5-10(13)11(8-9)17-6-2-1-3-7-18(14,15)16/h4-5,8H,1-3,6-7H2. The number of hydrogen-bond acceptors (Lipinski definition) is 3. The van der Waals surface area contributed by atoms with Crippen molar-refractivity contribution in [2.45, 2.75) is 19.3 Å². The third kappa shape index (κ3) is 6.83. The van der Waals surface area contributed by atoms with Crippen LogP contribution in [0.2, 0.25) is 5.02 Å². The molecule has 0 N–H and O–H groups in total. The minimum atomic E-state index is -3.37. The van der Waals surface area contributed by atoms with Crippen molar-refractivity contribution in [2.75, 3.05) is 12.4 Å². The summed E-state index contributed by atoms with van der Waals surface area (Å²) in [5.74, 6) is 0.627. The van der Waals surface area contributed by atoms with Crippen LogP contribution < -0.4 is 4.74 Å². The molecule has 0 aliphatic heterocycles. The Morgan fingerprint density at radius 3 is 2.61 bits per heavy atom. The van der Waals surface area contributed by atoms with Gasteiger partial charge in [-0.15, -0.1) is 0 Å². The van der Waals surface area contributed by atoms with E-state index < -0.39 is 9.05 Å².